The van der Waals surface area contributed by atoms with E-state index in [0.29, 0.717) is 21.7 Å². The highest BCUT2D eigenvalue weighted by Gasteiger charge is 2.24. The van der Waals surface area contributed by atoms with Gasteiger partial charge in [0.15, 0.2) is 0 Å². The number of hydrogen-bond acceptors (Lipinski definition) is 4. The zero-order chi connectivity index (χ0) is 22.2. The van der Waals surface area contributed by atoms with Crippen LogP contribution in [-0.2, 0) is 11.4 Å². The smallest absolute Gasteiger partial charge is 0.262 e. The van der Waals surface area contributed by atoms with Gasteiger partial charge in [-0.25, -0.2) is 0 Å². The zero-order valence-corrected chi connectivity index (χ0v) is 19.0. The lowest BCUT2D eigenvalue weighted by atomic mass is 9.86. The molecule has 6 heteroatoms. The molecule has 1 saturated carbocycles. The lowest BCUT2D eigenvalue weighted by Crippen LogP contribution is -2.41. The Balaban J connectivity index is 1.69. The molecule has 1 aliphatic rings. The Morgan fingerprint density at radius 3 is 2.71 bits per heavy atom. The molecule has 0 spiro atoms. The van der Waals surface area contributed by atoms with E-state index in [4.69, 9.17) is 4.74 Å². The van der Waals surface area contributed by atoms with E-state index in [2.05, 4.69) is 34.2 Å². The normalized spacial score (nSPS) is 18.5. The average Bonchev–Trinajstić information content (AvgIpc) is 2.78. The van der Waals surface area contributed by atoms with E-state index in [1.54, 1.807) is 30.3 Å². The van der Waals surface area contributed by atoms with Crippen molar-refractivity contribution in [3.63, 3.8) is 0 Å². The van der Waals surface area contributed by atoms with Gasteiger partial charge in [-0.05, 0) is 64.5 Å². The highest BCUT2D eigenvalue weighted by Crippen LogP contribution is 2.28. The third kappa shape index (κ3) is 5.96. The summed E-state index contributed by atoms with van der Waals surface area (Å²) in [5, 5.41) is 21.7. The molecule has 0 bridgehead atoms. The Labute approximate surface area is 191 Å². The van der Waals surface area contributed by atoms with Crippen LogP contribution in [-0.4, -0.2) is 11.9 Å². The van der Waals surface area contributed by atoms with Crippen molar-refractivity contribution in [3.8, 4) is 17.9 Å². The van der Waals surface area contributed by atoms with Gasteiger partial charge in [0.25, 0.3) is 5.91 Å². The molecule has 5 nitrogen and oxygen atoms in total. The van der Waals surface area contributed by atoms with Crippen LogP contribution in [0.25, 0.3) is 6.08 Å². The van der Waals surface area contributed by atoms with Gasteiger partial charge in [-0.2, -0.15) is 10.5 Å². The Kier molecular flexibility index (Phi) is 7.87. The summed E-state index contributed by atoms with van der Waals surface area (Å²) in [4.78, 5) is 12.6. The topological polar surface area (TPSA) is 85.9 Å². The molecule has 0 saturated heterocycles. The summed E-state index contributed by atoms with van der Waals surface area (Å²) in [5.74, 6) is 0.712. The summed E-state index contributed by atoms with van der Waals surface area (Å²) in [5.41, 5.74) is 2.19. The van der Waals surface area contributed by atoms with Gasteiger partial charge in [-0.15, -0.1) is 0 Å². The number of hydrogen-bond donors (Lipinski definition) is 1. The minimum Gasteiger partial charge on any atom is -0.488 e. The Morgan fingerprint density at radius 1 is 1.23 bits per heavy atom. The number of benzene rings is 2. The maximum absolute atomic E-state index is 12.6. The first-order valence-electron chi connectivity index (χ1n) is 10.3. The number of nitrogens with zero attached hydrogens (tertiary/aromatic N) is 2. The molecule has 0 aromatic heterocycles. The highest BCUT2D eigenvalue weighted by atomic mass is 79.9. The van der Waals surface area contributed by atoms with Crippen LogP contribution in [0.2, 0.25) is 0 Å². The predicted octanol–water partition coefficient (Wildman–Crippen LogP) is 5.50. The van der Waals surface area contributed by atoms with Crippen LogP contribution >= 0.6 is 15.9 Å². The van der Waals surface area contributed by atoms with E-state index >= 15 is 0 Å². The number of rotatable bonds is 6. The molecule has 1 N–H and O–H groups in total. The van der Waals surface area contributed by atoms with Crippen LogP contribution in [0.3, 0.4) is 0 Å². The fourth-order valence-electron chi connectivity index (χ4n) is 3.73. The minimum absolute atomic E-state index is 0.0845. The molecule has 0 unspecified atom stereocenters. The number of carbonyl (C=O) groups excluding carboxylic acids is 1. The van der Waals surface area contributed by atoms with Crippen molar-refractivity contribution in [1.29, 1.82) is 10.5 Å². The molecule has 158 valence electrons. The van der Waals surface area contributed by atoms with E-state index in [0.717, 1.165) is 30.4 Å². The van der Waals surface area contributed by atoms with Crippen molar-refractivity contribution in [2.24, 2.45) is 5.92 Å². The van der Waals surface area contributed by atoms with Gasteiger partial charge in [0.1, 0.15) is 24.0 Å². The average molecular weight is 478 g/mol. The molecule has 31 heavy (non-hydrogen) atoms. The number of amides is 1. The summed E-state index contributed by atoms with van der Waals surface area (Å²) in [6.07, 6.45) is 5.94. The van der Waals surface area contributed by atoms with Crippen LogP contribution < -0.4 is 10.1 Å². The van der Waals surface area contributed by atoms with Crippen molar-refractivity contribution in [3.05, 3.63) is 69.2 Å². The van der Waals surface area contributed by atoms with Crippen LogP contribution in [0, 0.1) is 28.6 Å². The van der Waals surface area contributed by atoms with Crippen molar-refractivity contribution in [1.82, 2.24) is 5.32 Å². The first kappa shape index (κ1) is 22.6. The maximum Gasteiger partial charge on any atom is 0.262 e. The Bertz CT molecular complexity index is 1070. The molecule has 0 aliphatic heterocycles. The fourth-order valence-corrected chi connectivity index (χ4v) is 4.24. The van der Waals surface area contributed by atoms with E-state index in [1.807, 2.05) is 24.3 Å². The second-order valence-corrected chi connectivity index (χ2v) is 8.61. The van der Waals surface area contributed by atoms with Gasteiger partial charge in [-0.3, -0.25) is 4.79 Å². The molecule has 2 aromatic rings. The van der Waals surface area contributed by atoms with Gasteiger partial charge in [0, 0.05) is 11.6 Å². The second kappa shape index (κ2) is 10.8. The second-order valence-electron chi connectivity index (χ2n) is 7.76. The van der Waals surface area contributed by atoms with E-state index in [9.17, 15) is 15.3 Å². The maximum atomic E-state index is 12.6. The monoisotopic (exact) mass is 477 g/mol. The first-order chi connectivity index (χ1) is 15.0. The number of ether oxygens (including phenoxy) is 1. The number of nitriles is 2. The van der Waals surface area contributed by atoms with E-state index in [-0.39, 0.29) is 24.1 Å². The largest absolute Gasteiger partial charge is 0.488 e. The lowest BCUT2D eigenvalue weighted by Gasteiger charge is -2.29. The van der Waals surface area contributed by atoms with Gasteiger partial charge < -0.3 is 10.1 Å². The summed E-state index contributed by atoms with van der Waals surface area (Å²) in [6, 6.07) is 17.0. The molecule has 1 aliphatic carbocycles. The van der Waals surface area contributed by atoms with E-state index in [1.165, 1.54) is 6.42 Å². The molecule has 1 fully saturated rings. The third-order valence-electron chi connectivity index (χ3n) is 5.58. The summed E-state index contributed by atoms with van der Waals surface area (Å²) in [7, 11) is 0. The molecule has 3 rings (SSSR count). The summed E-state index contributed by atoms with van der Waals surface area (Å²) in [6.45, 7) is 2.41. The number of nitrogens with one attached hydrogen (secondary N) is 1. The van der Waals surface area contributed by atoms with Crippen LogP contribution in [0.4, 0.5) is 0 Å². The zero-order valence-electron chi connectivity index (χ0n) is 17.4. The van der Waals surface area contributed by atoms with Gasteiger partial charge in [-0.1, -0.05) is 44.0 Å². The van der Waals surface area contributed by atoms with Gasteiger partial charge in [0.05, 0.1) is 16.1 Å². The van der Waals surface area contributed by atoms with Crippen LogP contribution in [0.15, 0.2) is 52.5 Å². The number of halogens is 1. The van der Waals surface area contributed by atoms with Crippen LogP contribution in [0.1, 0.15) is 49.3 Å². The van der Waals surface area contributed by atoms with Crippen LogP contribution in [0.5, 0.6) is 5.75 Å². The summed E-state index contributed by atoms with van der Waals surface area (Å²) < 4.78 is 6.55. The Morgan fingerprint density at radius 2 is 2.00 bits per heavy atom. The van der Waals surface area contributed by atoms with Crippen molar-refractivity contribution < 1.29 is 9.53 Å². The fraction of sp³-hybridized carbons (Fsp3) is 0.320. The van der Waals surface area contributed by atoms with Crippen molar-refractivity contribution in [2.75, 3.05) is 0 Å². The third-order valence-corrected chi connectivity index (χ3v) is 6.20. The Hall–Kier alpha value is -3.09. The minimum atomic E-state index is -0.328. The molecular formula is C25H24BrN3O2. The van der Waals surface area contributed by atoms with Crippen molar-refractivity contribution >= 4 is 27.9 Å². The number of carbonyl (C=O) groups is 1. The molecule has 2 atom stereocenters. The molecule has 2 aromatic carbocycles. The van der Waals surface area contributed by atoms with Crippen molar-refractivity contribution in [2.45, 2.75) is 45.3 Å². The molecule has 0 radical (unpaired) electrons. The first-order valence-corrected chi connectivity index (χ1v) is 11.1. The molecule has 1 amide bonds. The predicted molar refractivity (Wildman–Crippen MR) is 123 cm³/mol. The molecular weight excluding hydrogens is 454 g/mol. The SMILES string of the molecule is C[C@H]1CCCC[C@H]1NC(=O)/C(C#N)=C/c1ccc(OCc2ccccc2C#N)c(Br)c1. The quantitative estimate of drug-likeness (QED) is 0.439. The summed E-state index contributed by atoms with van der Waals surface area (Å²) >= 11 is 3.49. The van der Waals surface area contributed by atoms with Gasteiger partial charge >= 0.3 is 0 Å². The standard InChI is InChI=1S/C25H24BrN3O2/c1-17-6-2-5-9-23(17)29-25(30)21(15-28)12-18-10-11-24(22(26)13-18)31-16-20-8-4-3-7-19(20)14-27/h3-4,7-8,10-13,17,23H,2,5-6,9,16H2,1H3,(H,29,30)/b21-12+/t17-,23+/m0/s1. The highest BCUT2D eigenvalue weighted by molar-refractivity contribution is 9.10. The van der Waals surface area contributed by atoms with E-state index < -0.39 is 0 Å². The lowest BCUT2D eigenvalue weighted by molar-refractivity contribution is -0.118. The van der Waals surface area contributed by atoms with Gasteiger partial charge in [0.2, 0.25) is 0 Å². The molecule has 0 heterocycles.